The van der Waals surface area contributed by atoms with Crippen molar-refractivity contribution in [2.75, 3.05) is 11.4 Å². The number of aliphatic hydroxyl groups excluding tert-OH is 1. The SMILES string of the molecule is CC(=O)c1cccc(N2CCCCC2C(NC(N)=O)[C@H](C)O)c1. The number of Topliss-reactive ketones (excluding diaryl/α,β-unsaturated/α-hetero) is 1. The van der Waals surface area contributed by atoms with E-state index in [4.69, 9.17) is 5.73 Å². The highest BCUT2D eigenvalue weighted by Gasteiger charge is 2.33. The number of nitrogens with two attached hydrogens (primary N) is 1. The largest absolute Gasteiger partial charge is 0.391 e. The number of hydrogen-bond donors (Lipinski definition) is 3. The Morgan fingerprint density at radius 1 is 1.39 bits per heavy atom. The van der Waals surface area contributed by atoms with Gasteiger partial charge in [0.25, 0.3) is 0 Å². The van der Waals surface area contributed by atoms with E-state index in [2.05, 4.69) is 10.2 Å². The summed E-state index contributed by atoms with van der Waals surface area (Å²) in [6, 6.07) is 6.32. The third kappa shape index (κ3) is 4.22. The number of carbonyl (C=O) groups is 2. The van der Waals surface area contributed by atoms with E-state index in [-0.39, 0.29) is 11.8 Å². The molecule has 1 fully saturated rings. The Morgan fingerprint density at radius 2 is 2.13 bits per heavy atom. The predicted molar refractivity (Wildman–Crippen MR) is 89.6 cm³/mol. The van der Waals surface area contributed by atoms with E-state index in [0.717, 1.165) is 31.5 Å². The number of anilines is 1. The summed E-state index contributed by atoms with van der Waals surface area (Å²) in [7, 11) is 0. The van der Waals surface area contributed by atoms with Crippen LogP contribution < -0.4 is 16.0 Å². The van der Waals surface area contributed by atoms with Gasteiger partial charge in [0.15, 0.2) is 5.78 Å². The van der Waals surface area contributed by atoms with Crippen LogP contribution >= 0.6 is 0 Å². The van der Waals surface area contributed by atoms with Crippen molar-refractivity contribution < 1.29 is 14.7 Å². The number of rotatable bonds is 5. The number of hydrogen-bond acceptors (Lipinski definition) is 4. The first-order chi connectivity index (χ1) is 10.9. The molecule has 1 aliphatic rings. The molecule has 4 N–H and O–H groups in total. The van der Waals surface area contributed by atoms with Gasteiger partial charge in [0.1, 0.15) is 0 Å². The number of carbonyl (C=O) groups excluding carboxylic acids is 2. The highest BCUT2D eigenvalue weighted by Crippen LogP contribution is 2.28. The van der Waals surface area contributed by atoms with Crippen LogP contribution in [0.25, 0.3) is 0 Å². The fraction of sp³-hybridized carbons (Fsp3) is 0.529. The number of piperidine rings is 1. The Bertz CT molecular complexity index is 574. The molecule has 1 heterocycles. The number of aliphatic hydroxyl groups is 1. The van der Waals surface area contributed by atoms with Crippen LogP contribution in [0.4, 0.5) is 10.5 Å². The fourth-order valence-corrected chi connectivity index (χ4v) is 3.26. The van der Waals surface area contributed by atoms with Gasteiger partial charge < -0.3 is 21.1 Å². The van der Waals surface area contributed by atoms with Gasteiger partial charge >= 0.3 is 6.03 Å². The third-order valence-electron chi connectivity index (χ3n) is 4.38. The van der Waals surface area contributed by atoms with Crippen molar-refractivity contribution in [3.8, 4) is 0 Å². The van der Waals surface area contributed by atoms with Crippen LogP contribution in [-0.4, -0.2) is 41.7 Å². The average Bonchev–Trinajstić information content (AvgIpc) is 2.52. The summed E-state index contributed by atoms with van der Waals surface area (Å²) < 4.78 is 0. The smallest absolute Gasteiger partial charge is 0.312 e. The lowest BCUT2D eigenvalue weighted by Crippen LogP contribution is -2.59. The molecule has 1 aromatic rings. The standard InChI is InChI=1S/C17H25N3O3/c1-11(21)13-6-5-7-14(10-13)20-9-4-3-8-15(20)16(12(2)22)19-17(18)23/h5-7,10,12,15-16,22H,3-4,8-9H2,1-2H3,(H3,18,19,23)/t12-,15?,16?/m0/s1. The second kappa shape index (κ2) is 7.46. The molecule has 6 nitrogen and oxygen atoms in total. The summed E-state index contributed by atoms with van der Waals surface area (Å²) in [5.74, 6) is 0.0164. The number of ketones is 1. The first-order valence-corrected chi connectivity index (χ1v) is 8.02. The molecule has 0 aliphatic carbocycles. The number of nitrogens with zero attached hydrogens (tertiary/aromatic N) is 1. The molecule has 126 valence electrons. The summed E-state index contributed by atoms with van der Waals surface area (Å²) in [5, 5.41) is 12.7. The van der Waals surface area contributed by atoms with E-state index in [1.54, 1.807) is 19.9 Å². The summed E-state index contributed by atoms with van der Waals surface area (Å²) in [4.78, 5) is 25.1. The lowest BCUT2D eigenvalue weighted by Gasteiger charge is -2.43. The first-order valence-electron chi connectivity index (χ1n) is 8.02. The maximum absolute atomic E-state index is 11.6. The average molecular weight is 319 g/mol. The van der Waals surface area contributed by atoms with E-state index >= 15 is 0 Å². The minimum absolute atomic E-state index is 0.0164. The van der Waals surface area contributed by atoms with Gasteiger partial charge in [-0.25, -0.2) is 4.79 Å². The number of nitrogens with one attached hydrogen (secondary N) is 1. The molecule has 0 aromatic heterocycles. The highest BCUT2D eigenvalue weighted by molar-refractivity contribution is 5.95. The molecular weight excluding hydrogens is 294 g/mol. The van der Waals surface area contributed by atoms with Crippen LogP contribution in [-0.2, 0) is 0 Å². The second-order valence-electron chi connectivity index (χ2n) is 6.14. The Labute approximate surface area is 136 Å². The summed E-state index contributed by atoms with van der Waals surface area (Å²) in [6.45, 7) is 4.01. The van der Waals surface area contributed by atoms with Crippen LogP contribution in [0.2, 0.25) is 0 Å². The van der Waals surface area contributed by atoms with Gasteiger partial charge in [-0.2, -0.15) is 0 Å². The molecule has 23 heavy (non-hydrogen) atoms. The maximum Gasteiger partial charge on any atom is 0.312 e. The summed E-state index contributed by atoms with van der Waals surface area (Å²) in [5.41, 5.74) is 6.85. The molecule has 0 spiro atoms. The normalized spacial score (nSPS) is 20.7. The lowest BCUT2D eigenvalue weighted by molar-refractivity contribution is 0.101. The summed E-state index contributed by atoms with van der Waals surface area (Å²) in [6.07, 6.45) is 2.19. The zero-order chi connectivity index (χ0) is 17.0. The van der Waals surface area contributed by atoms with E-state index < -0.39 is 18.2 Å². The minimum atomic E-state index is -0.718. The van der Waals surface area contributed by atoms with Gasteiger partial charge in [0, 0.05) is 17.8 Å². The van der Waals surface area contributed by atoms with Gasteiger partial charge in [-0.05, 0) is 45.2 Å². The minimum Gasteiger partial charge on any atom is -0.391 e. The van der Waals surface area contributed by atoms with Gasteiger partial charge in [0.2, 0.25) is 0 Å². The van der Waals surface area contributed by atoms with Crippen LogP contribution in [0.3, 0.4) is 0 Å². The Hall–Kier alpha value is -2.08. The molecule has 1 saturated heterocycles. The zero-order valence-electron chi connectivity index (χ0n) is 13.7. The quantitative estimate of drug-likeness (QED) is 0.719. The second-order valence-corrected chi connectivity index (χ2v) is 6.14. The first kappa shape index (κ1) is 17.3. The Balaban J connectivity index is 2.31. The molecule has 2 unspecified atom stereocenters. The predicted octanol–water partition coefficient (Wildman–Crippen LogP) is 1.67. The maximum atomic E-state index is 11.6. The molecule has 1 aliphatic heterocycles. The third-order valence-corrected chi connectivity index (χ3v) is 4.38. The van der Waals surface area contributed by atoms with Crippen molar-refractivity contribution in [2.45, 2.75) is 51.3 Å². The number of benzene rings is 1. The van der Waals surface area contributed by atoms with Crippen molar-refractivity contribution in [2.24, 2.45) is 5.73 Å². The monoisotopic (exact) mass is 319 g/mol. The Kier molecular flexibility index (Phi) is 5.60. The molecule has 2 amide bonds. The van der Waals surface area contributed by atoms with Crippen molar-refractivity contribution >= 4 is 17.5 Å². The molecular formula is C17H25N3O3. The van der Waals surface area contributed by atoms with Crippen molar-refractivity contribution in [1.29, 1.82) is 0 Å². The molecule has 0 radical (unpaired) electrons. The van der Waals surface area contributed by atoms with Crippen LogP contribution in [0.5, 0.6) is 0 Å². The molecule has 3 atom stereocenters. The van der Waals surface area contributed by atoms with Crippen LogP contribution in [0, 0.1) is 0 Å². The molecule has 6 heteroatoms. The molecule has 1 aromatic carbocycles. The van der Waals surface area contributed by atoms with E-state index in [1.807, 2.05) is 18.2 Å². The van der Waals surface area contributed by atoms with Gasteiger partial charge in [-0.3, -0.25) is 4.79 Å². The highest BCUT2D eigenvalue weighted by atomic mass is 16.3. The van der Waals surface area contributed by atoms with Crippen molar-refractivity contribution in [3.63, 3.8) is 0 Å². The number of primary amides is 1. The fourth-order valence-electron chi connectivity index (χ4n) is 3.26. The number of urea groups is 1. The van der Waals surface area contributed by atoms with Gasteiger partial charge in [0.05, 0.1) is 18.2 Å². The van der Waals surface area contributed by atoms with Gasteiger partial charge in [-0.15, -0.1) is 0 Å². The zero-order valence-corrected chi connectivity index (χ0v) is 13.7. The topological polar surface area (TPSA) is 95.7 Å². The van der Waals surface area contributed by atoms with Crippen molar-refractivity contribution in [1.82, 2.24) is 5.32 Å². The molecule has 0 saturated carbocycles. The van der Waals surface area contributed by atoms with Crippen molar-refractivity contribution in [3.05, 3.63) is 29.8 Å². The summed E-state index contributed by atoms with van der Waals surface area (Å²) >= 11 is 0. The lowest BCUT2D eigenvalue weighted by atomic mass is 9.91. The molecule has 0 bridgehead atoms. The Morgan fingerprint density at radius 3 is 2.74 bits per heavy atom. The van der Waals surface area contributed by atoms with E-state index in [0.29, 0.717) is 5.56 Å². The van der Waals surface area contributed by atoms with Gasteiger partial charge in [-0.1, -0.05) is 12.1 Å². The number of amides is 2. The van der Waals surface area contributed by atoms with E-state index in [1.165, 1.54) is 0 Å². The molecule has 2 rings (SSSR count). The van der Waals surface area contributed by atoms with E-state index in [9.17, 15) is 14.7 Å². The van der Waals surface area contributed by atoms with Crippen LogP contribution in [0.1, 0.15) is 43.5 Å². The van der Waals surface area contributed by atoms with Crippen LogP contribution in [0.15, 0.2) is 24.3 Å².